The first-order valence-electron chi connectivity index (χ1n) is 8.70. The van der Waals surface area contributed by atoms with Crippen molar-refractivity contribution < 1.29 is 0 Å². The Morgan fingerprint density at radius 1 is 1.04 bits per heavy atom. The molecule has 26 heavy (non-hydrogen) atoms. The maximum Gasteiger partial charge on any atom is 0.223 e. The molecule has 4 aromatic rings. The van der Waals surface area contributed by atoms with E-state index in [1.165, 1.54) is 0 Å². The van der Waals surface area contributed by atoms with Gasteiger partial charge in [0, 0.05) is 29.6 Å². The summed E-state index contributed by atoms with van der Waals surface area (Å²) >= 11 is 0. The van der Waals surface area contributed by atoms with Crippen LogP contribution in [-0.4, -0.2) is 51.7 Å². The van der Waals surface area contributed by atoms with Gasteiger partial charge in [0.15, 0.2) is 0 Å². The molecule has 6 nitrogen and oxygen atoms in total. The first-order chi connectivity index (χ1) is 12.6. The number of aromatic nitrogens is 4. The number of fused-ring (bicyclic) bond motifs is 2. The smallest absolute Gasteiger partial charge is 0.223 e. The fraction of sp³-hybridized carbons (Fsp3) is 0.250. The highest BCUT2D eigenvalue weighted by atomic mass is 15.2. The van der Waals surface area contributed by atoms with Gasteiger partial charge in [0.25, 0.3) is 0 Å². The van der Waals surface area contributed by atoms with Crippen LogP contribution in [0.5, 0.6) is 0 Å². The van der Waals surface area contributed by atoms with Crippen LogP contribution in [0.2, 0.25) is 0 Å². The number of likely N-dealkylation sites (N-methyl/N-ethyl adjacent to an activating group) is 1. The van der Waals surface area contributed by atoms with Gasteiger partial charge in [-0.25, -0.2) is 9.97 Å². The summed E-state index contributed by atoms with van der Waals surface area (Å²) in [7, 11) is 4.12. The molecule has 0 aliphatic carbocycles. The Balaban J connectivity index is 1.66. The summed E-state index contributed by atoms with van der Waals surface area (Å²) in [5.74, 6) is 0.661. The topological polar surface area (TPSA) is 69.7 Å². The van der Waals surface area contributed by atoms with Crippen LogP contribution in [0.4, 0.5) is 5.95 Å². The van der Waals surface area contributed by atoms with Gasteiger partial charge in [0.2, 0.25) is 5.95 Å². The predicted octanol–water partition coefficient (Wildman–Crippen LogP) is 3.54. The first-order valence-corrected chi connectivity index (χ1v) is 8.70. The van der Waals surface area contributed by atoms with E-state index >= 15 is 0 Å². The second-order valence-corrected chi connectivity index (χ2v) is 6.95. The van der Waals surface area contributed by atoms with E-state index in [2.05, 4.69) is 82.8 Å². The molecule has 1 unspecified atom stereocenters. The van der Waals surface area contributed by atoms with E-state index in [0.29, 0.717) is 5.95 Å². The number of aromatic amines is 1. The zero-order valence-corrected chi connectivity index (χ0v) is 15.2. The minimum Gasteiger partial charge on any atom is -0.350 e. The van der Waals surface area contributed by atoms with Gasteiger partial charge in [-0.15, -0.1) is 0 Å². The van der Waals surface area contributed by atoms with Gasteiger partial charge < -0.3 is 10.2 Å². The maximum absolute atomic E-state index is 4.70. The highest BCUT2D eigenvalue weighted by molar-refractivity contribution is 5.88. The van der Waals surface area contributed by atoms with E-state index in [1.54, 1.807) is 0 Å². The number of benzene rings is 2. The molecule has 0 amide bonds. The maximum atomic E-state index is 4.70. The van der Waals surface area contributed by atoms with Gasteiger partial charge in [-0.2, -0.15) is 5.10 Å². The lowest BCUT2D eigenvalue weighted by Crippen LogP contribution is -2.30. The Labute approximate surface area is 152 Å². The van der Waals surface area contributed by atoms with Gasteiger partial charge in [-0.1, -0.05) is 18.2 Å². The lowest BCUT2D eigenvalue weighted by Gasteiger charge is -2.18. The Morgan fingerprint density at radius 3 is 2.69 bits per heavy atom. The van der Waals surface area contributed by atoms with Crippen LogP contribution in [0.3, 0.4) is 0 Å². The molecule has 0 fully saturated rings. The Kier molecular flexibility index (Phi) is 4.26. The number of rotatable bonds is 5. The van der Waals surface area contributed by atoms with Crippen molar-refractivity contribution in [2.75, 3.05) is 26.0 Å². The van der Waals surface area contributed by atoms with Gasteiger partial charge in [-0.05, 0) is 50.3 Å². The third-order valence-corrected chi connectivity index (χ3v) is 4.37. The van der Waals surface area contributed by atoms with Crippen molar-refractivity contribution in [3.05, 3.63) is 48.8 Å². The number of nitrogens with zero attached hydrogens (tertiary/aromatic N) is 4. The second kappa shape index (κ2) is 6.72. The molecule has 2 N–H and O–H groups in total. The minimum atomic E-state index is 0.272. The zero-order valence-electron chi connectivity index (χ0n) is 15.2. The molecule has 0 aliphatic rings. The largest absolute Gasteiger partial charge is 0.350 e. The van der Waals surface area contributed by atoms with E-state index in [4.69, 9.17) is 4.98 Å². The summed E-state index contributed by atoms with van der Waals surface area (Å²) in [6.45, 7) is 3.05. The fourth-order valence-corrected chi connectivity index (χ4v) is 3.21. The summed E-state index contributed by atoms with van der Waals surface area (Å²) < 4.78 is 0. The molecular weight excluding hydrogens is 324 g/mol. The Morgan fingerprint density at radius 2 is 1.85 bits per heavy atom. The summed E-state index contributed by atoms with van der Waals surface area (Å²) in [6, 6.07) is 12.8. The molecule has 0 bridgehead atoms. The van der Waals surface area contributed by atoms with Gasteiger partial charge in [0.1, 0.15) is 0 Å². The highest BCUT2D eigenvalue weighted by Crippen LogP contribution is 2.26. The molecule has 2 aromatic heterocycles. The molecular formula is C20H22N6. The molecule has 0 saturated carbocycles. The third kappa shape index (κ3) is 3.36. The highest BCUT2D eigenvalue weighted by Gasteiger charge is 2.08. The van der Waals surface area contributed by atoms with E-state index in [0.717, 1.165) is 39.5 Å². The second-order valence-electron chi connectivity index (χ2n) is 6.95. The molecule has 132 valence electrons. The van der Waals surface area contributed by atoms with Crippen molar-refractivity contribution in [3.8, 4) is 11.1 Å². The summed E-state index contributed by atoms with van der Waals surface area (Å²) in [4.78, 5) is 11.3. The van der Waals surface area contributed by atoms with E-state index in [1.807, 2.05) is 12.4 Å². The Bertz CT molecular complexity index is 1050. The number of H-pyrrole nitrogens is 1. The van der Waals surface area contributed by atoms with Crippen molar-refractivity contribution in [2.45, 2.75) is 13.0 Å². The number of nitrogens with one attached hydrogen (secondary N) is 2. The van der Waals surface area contributed by atoms with E-state index in [9.17, 15) is 0 Å². The average Bonchev–Trinajstić information content (AvgIpc) is 3.08. The summed E-state index contributed by atoms with van der Waals surface area (Å²) in [5.41, 5.74) is 4.25. The van der Waals surface area contributed by atoms with Crippen molar-refractivity contribution in [2.24, 2.45) is 0 Å². The molecule has 2 aromatic carbocycles. The van der Waals surface area contributed by atoms with Crippen LogP contribution in [0.25, 0.3) is 32.9 Å². The average molecular weight is 346 g/mol. The molecule has 0 aliphatic heterocycles. The lowest BCUT2D eigenvalue weighted by molar-refractivity contribution is 0.391. The van der Waals surface area contributed by atoms with Gasteiger partial charge in [-0.3, -0.25) is 5.10 Å². The standard InChI is InChI=1S/C20H22N6/c1-13(12-26(2)3)23-20-21-10-16-5-4-15(9-19(16)24-20)14-6-7-18-17(8-14)11-22-25-18/h4-11,13H,12H2,1-3H3,(H,22,25)(H,21,23,24). The van der Waals surface area contributed by atoms with Gasteiger partial charge in [0.05, 0.1) is 17.2 Å². The number of anilines is 1. The van der Waals surface area contributed by atoms with Crippen LogP contribution >= 0.6 is 0 Å². The normalized spacial score (nSPS) is 12.8. The predicted molar refractivity (Wildman–Crippen MR) is 106 cm³/mol. The third-order valence-electron chi connectivity index (χ3n) is 4.37. The molecule has 0 spiro atoms. The minimum absolute atomic E-state index is 0.272. The van der Waals surface area contributed by atoms with Crippen LogP contribution in [0.15, 0.2) is 48.8 Å². The monoisotopic (exact) mass is 346 g/mol. The quantitative estimate of drug-likeness (QED) is 0.578. The summed E-state index contributed by atoms with van der Waals surface area (Å²) in [6.07, 6.45) is 3.71. The van der Waals surface area contributed by atoms with Crippen LogP contribution in [0, 0.1) is 0 Å². The molecule has 6 heteroatoms. The van der Waals surface area contributed by atoms with Crippen molar-refractivity contribution >= 4 is 27.8 Å². The molecule has 0 saturated heterocycles. The van der Waals surface area contributed by atoms with Crippen LogP contribution in [-0.2, 0) is 0 Å². The van der Waals surface area contributed by atoms with Crippen molar-refractivity contribution in [3.63, 3.8) is 0 Å². The van der Waals surface area contributed by atoms with E-state index < -0.39 is 0 Å². The van der Waals surface area contributed by atoms with Crippen LogP contribution < -0.4 is 5.32 Å². The van der Waals surface area contributed by atoms with Gasteiger partial charge >= 0.3 is 0 Å². The lowest BCUT2D eigenvalue weighted by atomic mass is 10.0. The molecule has 4 rings (SSSR count). The number of hydrogen-bond acceptors (Lipinski definition) is 5. The molecule has 0 radical (unpaired) electrons. The Hall–Kier alpha value is -2.99. The molecule has 2 heterocycles. The number of hydrogen-bond donors (Lipinski definition) is 2. The first kappa shape index (κ1) is 16.5. The SMILES string of the molecule is CC(CN(C)C)Nc1ncc2ccc(-c3ccc4[nH]ncc4c3)cc2n1. The molecule has 1 atom stereocenters. The van der Waals surface area contributed by atoms with Crippen molar-refractivity contribution in [1.82, 2.24) is 25.1 Å². The fourth-order valence-electron chi connectivity index (χ4n) is 3.21. The van der Waals surface area contributed by atoms with Crippen LogP contribution in [0.1, 0.15) is 6.92 Å². The van der Waals surface area contributed by atoms with Crippen molar-refractivity contribution in [1.29, 1.82) is 0 Å². The zero-order chi connectivity index (χ0) is 18.1. The summed E-state index contributed by atoms with van der Waals surface area (Å²) in [5, 5.41) is 12.6. The van der Waals surface area contributed by atoms with E-state index in [-0.39, 0.29) is 6.04 Å².